The van der Waals surface area contributed by atoms with Gasteiger partial charge >= 0.3 is 0 Å². The van der Waals surface area contributed by atoms with Crippen molar-refractivity contribution in [2.24, 2.45) is 0 Å². The van der Waals surface area contributed by atoms with Crippen LogP contribution in [0.25, 0.3) is 11.1 Å². The van der Waals surface area contributed by atoms with E-state index < -0.39 is 0 Å². The monoisotopic (exact) mass is 471 g/mol. The molecule has 7 heteroatoms. The molecule has 0 bridgehead atoms. The maximum Gasteiger partial charge on any atom is 0.254 e. The highest BCUT2D eigenvalue weighted by molar-refractivity contribution is 5.97. The van der Waals surface area contributed by atoms with E-state index >= 15 is 0 Å². The molecule has 2 aliphatic rings. The number of hydrogen-bond donors (Lipinski definition) is 0. The molecule has 1 unspecified atom stereocenters. The highest BCUT2D eigenvalue weighted by Gasteiger charge is 2.34. The van der Waals surface area contributed by atoms with Gasteiger partial charge in [0.15, 0.2) is 0 Å². The van der Waals surface area contributed by atoms with E-state index in [9.17, 15) is 4.79 Å². The Morgan fingerprint density at radius 2 is 1.80 bits per heavy atom. The topological polar surface area (TPSA) is 61.8 Å². The molecule has 1 atom stereocenters. The van der Waals surface area contributed by atoms with E-state index in [0.29, 0.717) is 5.95 Å². The molecule has 3 heterocycles. The SMILES string of the molecule is Cc1c(C(=O)N2CCCC2c2nc(N(C)C)ncc2-c2ccccc2)cccc1N1CCOCC1. The van der Waals surface area contributed by atoms with Gasteiger partial charge < -0.3 is 19.4 Å². The molecule has 0 spiro atoms. The van der Waals surface area contributed by atoms with Crippen LogP contribution in [0.2, 0.25) is 0 Å². The number of rotatable bonds is 5. The van der Waals surface area contributed by atoms with Crippen molar-refractivity contribution in [2.75, 3.05) is 56.7 Å². The standard InChI is InChI=1S/C28H33N5O2/c1-20-22(11-7-12-24(20)32-15-17-35-18-16-32)27(34)33-14-8-13-25(33)26-23(21-9-5-4-6-10-21)19-29-28(30-26)31(2)3/h4-7,9-12,19,25H,8,13-18H2,1-3H3. The van der Waals surface area contributed by atoms with E-state index in [4.69, 9.17) is 9.72 Å². The van der Waals surface area contributed by atoms with Crippen LogP contribution < -0.4 is 9.80 Å². The minimum atomic E-state index is -0.0918. The summed E-state index contributed by atoms with van der Waals surface area (Å²) in [5, 5.41) is 0. The molecule has 1 aromatic heterocycles. The van der Waals surface area contributed by atoms with Crippen molar-refractivity contribution in [1.82, 2.24) is 14.9 Å². The summed E-state index contributed by atoms with van der Waals surface area (Å²) in [6.45, 7) is 5.92. The van der Waals surface area contributed by atoms with Gasteiger partial charge in [0.1, 0.15) is 0 Å². The normalized spacial score (nSPS) is 18.1. The van der Waals surface area contributed by atoms with Crippen molar-refractivity contribution in [2.45, 2.75) is 25.8 Å². The Hall–Kier alpha value is -3.45. The summed E-state index contributed by atoms with van der Waals surface area (Å²) in [5.41, 5.74) is 5.89. The fourth-order valence-corrected chi connectivity index (χ4v) is 5.15. The Kier molecular flexibility index (Phi) is 6.68. The van der Waals surface area contributed by atoms with Crippen molar-refractivity contribution in [3.05, 3.63) is 71.5 Å². The van der Waals surface area contributed by atoms with Crippen LogP contribution in [0.1, 0.15) is 40.5 Å². The molecule has 3 aromatic rings. The van der Waals surface area contributed by atoms with E-state index in [1.807, 2.05) is 60.4 Å². The number of amides is 1. The van der Waals surface area contributed by atoms with Gasteiger partial charge in [0.2, 0.25) is 5.95 Å². The molecule has 0 N–H and O–H groups in total. The van der Waals surface area contributed by atoms with Gasteiger partial charge in [-0.2, -0.15) is 0 Å². The fraction of sp³-hybridized carbons (Fsp3) is 0.393. The second kappa shape index (κ2) is 10.0. The third-order valence-corrected chi connectivity index (χ3v) is 7.01. The Labute approximate surface area is 207 Å². The Morgan fingerprint density at radius 1 is 1.03 bits per heavy atom. The molecule has 0 radical (unpaired) electrons. The van der Waals surface area contributed by atoms with E-state index in [-0.39, 0.29) is 11.9 Å². The number of ether oxygens (including phenoxy) is 1. The van der Waals surface area contributed by atoms with Gasteiger partial charge in [-0.05, 0) is 43.0 Å². The largest absolute Gasteiger partial charge is 0.378 e. The summed E-state index contributed by atoms with van der Waals surface area (Å²) in [5.74, 6) is 0.730. The second-order valence-corrected chi connectivity index (χ2v) is 9.44. The molecule has 0 saturated carbocycles. The predicted octanol–water partition coefficient (Wildman–Crippen LogP) is 4.33. The highest BCUT2D eigenvalue weighted by Crippen LogP contribution is 2.38. The number of carbonyl (C=O) groups is 1. The van der Waals surface area contributed by atoms with Crippen molar-refractivity contribution in [3.63, 3.8) is 0 Å². The molecule has 182 valence electrons. The lowest BCUT2D eigenvalue weighted by atomic mass is 9.99. The van der Waals surface area contributed by atoms with Crippen LogP contribution in [0.4, 0.5) is 11.6 Å². The van der Waals surface area contributed by atoms with Crippen LogP contribution in [-0.4, -0.2) is 67.7 Å². The number of likely N-dealkylation sites (tertiary alicyclic amines) is 1. The lowest BCUT2D eigenvalue weighted by molar-refractivity contribution is 0.0732. The zero-order chi connectivity index (χ0) is 24.4. The molecule has 35 heavy (non-hydrogen) atoms. The molecule has 0 aliphatic carbocycles. The van der Waals surface area contributed by atoms with Crippen molar-refractivity contribution < 1.29 is 9.53 Å². The Balaban J connectivity index is 1.52. The maximum absolute atomic E-state index is 14.0. The highest BCUT2D eigenvalue weighted by atomic mass is 16.5. The molecule has 2 aliphatic heterocycles. The van der Waals surface area contributed by atoms with E-state index in [1.165, 1.54) is 0 Å². The van der Waals surface area contributed by atoms with Crippen LogP contribution >= 0.6 is 0 Å². The first-order valence-electron chi connectivity index (χ1n) is 12.4. The third-order valence-electron chi connectivity index (χ3n) is 7.01. The Morgan fingerprint density at radius 3 is 2.54 bits per heavy atom. The molecule has 2 saturated heterocycles. The molecule has 1 amide bonds. The fourth-order valence-electron chi connectivity index (χ4n) is 5.15. The van der Waals surface area contributed by atoms with Gasteiger partial charge in [-0.3, -0.25) is 4.79 Å². The summed E-state index contributed by atoms with van der Waals surface area (Å²) in [4.78, 5) is 29.8. The van der Waals surface area contributed by atoms with Gasteiger partial charge in [0.05, 0.1) is 24.9 Å². The van der Waals surface area contributed by atoms with Crippen LogP contribution in [0, 0.1) is 6.92 Å². The van der Waals surface area contributed by atoms with Crippen LogP contribution in [0.3, 0.4) is 0 Å². The van der Waals surface area contributed by atoms with Gasteiger partial charge in [0.25, 0.3) is 5.91 Å². The maximum atomic E-state index is 14.0. The van der Waals surface area contributed by atoms with Gasteiger partial charge in [-0.15, -0.1) is 0 Å². The van der Waals surface area contributed by atoms with Crippen LogP contribution in [0.15, 0.2) is 54.7 Å². The Bertz CT molecular complexity index is 1190. The van der Waals surface area contributed by atoms with E-state index in [0.717, 1.165) is 79.3 Å². The average Bonchev–Trinajstić information content (AvgIpc) is 3.39. The summed E-state index contributed by atoms with van der Waals surface area (Å²) in [6.07, 6.45) is 3.74. The van der Waals surface area contributed by atoms with Crippen molar-refractivity contribution in [3.8, 4) is 11.1 Å². The smallest absolute Gasteiger partial charge is 0.254 e. The molecule has 2 fully saturated rings. The van der Waals surface area contributed by atoms with Crippen LogP contribution in [0.5, 0.6) is 0 Å². The van der Waals surface area contributed by atoms with Crippen molar-refractivity contribution in [1.29, 1.82) is 0 Å². The van der Waals surface area contributed by atoms with Crippen molar-refractivity contribution >= 4 is 17.5 Å². The summed E-state index contributed by atoms with van der Waals surface area (Å²) in [7, 11) is 3.89. The first kappa shape index (κ1) is 23.3. The number of hydrogen-bond acceptors (Lipinski definition) is 6. The number of carbonyl (C=O) groups excluding carboxylic acids is 1. The first-order valence-corrected chi connectivity index (χ1v) is 12.4. The first-order chi connectivity index (χ1) is 17.0. The third kappa shape index (κ3) is 4.60. The summed E-state index contributed by atoms with van der Waals surface area (Å²) >= 11 is 0. The number of morpholine rings is 1. The van der Waals surface area contributed by atoms with Gasteiger partial charge in [-0.1, -0.05) is 36.4 Å². The number of nitrogens with zero attached hydrogens (tertiary/aromatic N) is 5. The quantitative estimate of drug-likeness (QED) is 0.552. The van der Waals surface area contributed by atoms with Gasteiger partial charge in [0, 0.05) is 56.7 Å². The lowest BCUT2D eigenvalue weighted by Crippen LogP contribution is -2.37. The minimum absolute atomic E-state index is 0.0733. The minimum Gasteiger partial charge on any atom is -0.378 e. The zero-order valence-corrected chi connectivity index (χ0v) is 20.8. The van der Waals surface area contributed by atoms with Crippen LogP contribution in [-0.2, 0) is 4.74 Å². The molecular formula is C28H33N5O2. The van der Waals surface area contributed by atoms with Gasteiger partial charge in [-0.25, -0.2) is 9.97 Å². The molecular weight excluding hydrogens is 438 g/mol. The summed E-state index contributed by atoms with van der Waals surface area (Å²) < 4.78 is 5.52. The molecule has 7 nitrogen and oxygen atoms in total. The average molecular weight is 472 g/mol. The number of anilines is 2. The molecule has 2 aromatic carbocycles. The lowest BCUT2D eigenvalue weighted by Gasteiger charge is -2.32. The zero-order valence-electron chi connectivity index (χ0n) is 20.8. The summed E-state index contributed by atoms with van der Waals surface area (Å²) in [6, 6.07) is 16.2. The van der Waals surface area contributed by atoms with E-state index in [2.05, 4.69) is 35.0 Å². The molecule has 5 rings (SSSR count). The predicted molar refractivity (Wildman–Crippen MR) is 139 cm³/mol. The number of aromatic nitrogens is 2. The second-order valence-electron chi connectivity index (χ2n) is 9.44. The van der Waals surface area contributed by atoms with E-state index in [1.54, 1.807) is 0 Å². The number of benzene rings is 2.